The lowest BCUT2D eigenvalue weighted by atomic mass is 9.89. The van der Waals surface area contributed by atoms with E-state index in [4.69, 9.17) is 10.3 Å². The normalized spacial score (nSPS) is 11.9. The lowest BCUT2D eigenvalue weighted by Gasteiger charge is -2.17. The molecule has 0 radical (unpaired) electrons. The van der Waals surface area contributed by atoms with E-state index in [0.29, 0.717) is 5.41 Å². The standard InChI is InChI=1S/C21H45N.C2H6O3S/c1-21(2,3)19-17-15-13-11-9-7-5-4-6-8-10-12-14-16-18-20-22;1-2-6(3,4)5/h4-20,22H2,1-3H3;2H2,1H3,(H,3,4,5). The van der Waals surface area contributed by atoms with Crippen molar-refractivity contribution in [3.05, 3.63) is 0 Å². The fraction of sp³-hybridized carbons (Fsp3) is 1.00. The molecule has 0 unspecified atom stereocenters. The number of unbranched alkanes of at least 4 members (excludes halogenated alkanes) is 14. The molecule has 0 saturated carbocycles. The van der Waals surface area contributed by atoms with Gasteiger partial charge in [-0.2, -0.15) is 8.42 Å². The Morgan fingerprint density at radius 3 is 1.11 bits per heavy atom. The summed E-state index contributed by atoms with van der Waals surface area (Å²) in [5, 5.41) is 0. The van der Waals surface area contributed by atoms with Crippen LogP contribution in [0.2, 0.25) is 0 Å². The molecule has 4 nitrogen and oxygen atoms in total. The summed E-state index contributed by atoms with van der Waals surface area (Å²) in [5.41, 5.74) is 6.03. The first-order chi connectivity index (χ1) is 13.1. The Kier molecular flexibility index (Phi) is 21.6. The quantitative estimate of drug-likeness (QED) is 0.193. The van der Waals surface area contributed by atoms with Crippen LogP contribution in [0, 0.1) is 5.41 Å². The summed E-state index contributed by atoms with van der Waals surface area (Å²) >= 11 is 0. The maximum Gasteiger partial charge on any atom is 0.264 e. The van der Waals surface area contributed by atoms with Crippen molar-refractivity contribution in [2.75, 3.05) is 12.3 Å². The summed E-state index contributed by atoms with van der Waals surface area (Å²) in [6.07, 6.45) is 22.8. The molecule has 0 bridgehead atoms. The molecule has 28 heavy (non-hydrogen) atoms. The molecule has 0 saturated heterocycles. The fourth-order valence-corrected chi connectivity index (χ4v) is 3.10. The van der Waals surface area contributed by atoms with E-state index in [1.165, 1.54) is 110 Å². The molecule has 0 fully saturated rings. The van der Waals surface area contributed by atoms with Crippen LogP contribution in [0.5, 0.6) is 0 Å². The van der Waals surface area contributed by atoms with E-state index >= 15 is 0 Å². The van der Waals surface area contributed by atoms with Crippen LogP contribution in [0.3, 0.4) is 0 Å². The topological polar surface area (TPSA) is 80.4 Å². The van der Waals surface area contributed by atoms with E-state index in [9.17, 15) is 8.42 Å². The zero-order chi connectivity index (χ0) is 21.7. The second kappa shape index (κ2) is 20.2. The van der Waals surface area contributed by atoms with Gasteiger partial charge in [-0.1, -0.05) is 111 Å². The Labute approximate surface area is 177 Å². The minimum absolute atomic E-state index is 0.201. The van der Waals surface area contributed by atoms with Gasteiger partial charge in [-0.15, -0.1) is 0 Å². The Bertz CT molecular complexity index is 403. The average molecular weight is 422 g/mol. The van der Waals surface area contributed by atoms with Crippen LogP contribution in [0.1, 0.15) is 130 Å². The Morgan fingerprint density at radius 2 is 0.893 bits per heavy atom. The van der Waals surface area contributed by atoms with Crippen LogP contribution in [0.25, 0.3) is 0 Å². The van der Waals surface area contributed by atoms with Crippen LogP contribution in [0.4, 0.5) is 0 Å². The average Bonchev–Trinajstić information content (AvgIpc) is 2.60. The zero-order valence-electron chi connectivity index (χ0n) is 19.5. The highest BCUT2D eigenvalue weighted by molar-refractivity contribution is 7.85. The molecule has 5 heteroatoms. The minimum atomic E-state index is -3.66. The highest BCUT2D eigenvalue weighted by Crippen LogP contribution is 2.22. The minimum Gasteiger partial charge on any atom is -0.330 e. The van der Waals surface area contributed by atoms with Gasteiger partial charge in [0.15, 0.2) is 0 Å². The summed E-state index contributed by atoms with van der Waals surface area (Å²) in [4.78, 5) is 0. The van der Waals surface area contributed by atoms with E-state index < -0.39 is 10.1 Å². The third-order valence-electron chi connectivity index (χ3n) is 5.00. The van der Waals surface area contributed by atoms with Gasteiger partial charge in [0.05, 0.1) is 5.75 Å². The smallest absolute Gasteiger partial charge is 0.264 e. The molecule has 0 rings (SSSR count). The van der Waals surface area contributed by atoms with Gasteiger partial charge in [0.25, 0.3) is 10.1 Å². The monoisotopic (exact) mass is 421 g/mol. The van der Waals surface area contributed by atoms with E-state index in [1.807, 2.05) is 0 Å². The fourth-order valence-electron chi connectivity index (χ4n) is 3.10. The largest absolute Gasteiger partial charge is 0.330 e. The second-order valence-corrected chi connectivity index (χ2v) is 11.0. The highest BCUT2D eigenvalue weighted by Gasteiger charge is 2.08. The van der Waals surface area contributed by atoms with Crippen molar-refractivity contribution in [2.45, 2.75) is 130 Å². The molecule has 0 aromatic carbocycles. The van der Waals surface area contributed by atoms with E-state index in [2.05, 4.69) is 20.8 Å². The zero-order valence-corrected chi connectivity index (χ0v) is 20.3. The maximum atomic E-state index is 9.56. The first-order valence-corrected chi connectivity index (χ1v) is 13.4. The summed E-state index contributed by atoms with van der Waals surface area (Å²) in [6, 6.07) is 0. The molecule has 0 aromatic rings. The molecule has 0 aliphatic rings. The van der Waals surface area contributed by atoms with Crippen LogP contribution >= 0.6 is 0 Å². The van der Waals surface area contributed by atoms with Crippen molar-refractivity contribution < 1.29 is 13.0 Å². The number of hydrogen-bond donors (Lipinski definition) is 2. The number of hydrogen-bond acceptors (Lipinski definition) is 3. The van der Waals surface area contributed by atoms with Crippen molar-refractivity contribution >= 4 is 10.1 Å². The molecule has 0 aliphatic heterocycles. The lowest BCUT2D eigenvalue weighted by Crippen LogP contribution is -2.03. The van der Waals surface area contributed by atoms with Gasteiger partial charge in [-0.25, -0.2) is 0 Å². The van der Waals surface area contributed by atoms with Crippen LogP contribution < -0.4 is 5.73 Å². The van der Waals surface area contributed by atoms with Crippen molar-refractivity contribution in [2.24, 2.45) is 11.1 Å². The molecule has 0 heterocycles. The van der Waals surface area contributed by atoms with Crippen molar-refractivity contribution in [1.82, 2.24) is 0 Å². The molecular formula is C23H51NO3S. The first kappa shape index (κ1) is 30.1. The summed E-state index contributed by atoms with van der Waals surface area (Å²) in [7, 11) is -3.66. The van der Waals surface area contributed by atoms with Crippen LogP contribution in [-0.4, -0.2) is 25.3 Å². The molecule has 0 amide bonds. The van der Waals surface area contributed by atoms with Crippen LogP contribution in [0.15, 0.2) is 0 Å². The highest BCUT2D eigenvalue weighted by atomic mass is 32.2. The van der Waals surface area contributed by atoms with Gasteiger partial charge >= 0.3 is 0 Å². The predicted octanol–water partition coefficient (Wildman–Crippen LogP) is 7.13. The molecular weight excluding hydrogens is 370 g/mol. The van der Waals surface area contributed by atoms with Gasteiger partial charge in [0, 0.05) is 0 Å². The summed E-state index contributed by atoms with van der Waals surface area (Å²) in [6.45, 7) is 9.30. The predicted molar refractivity (Wildman–Crippen MR) is 124 cm³/mol. The Morgan fingerprint density at radius 1 is 0.643 bits per heavy atom. The van der Waals surface area contributed by atoms with Crippen molar-refractivity contribution in [1.29, 1.82) is 0 Å². The Hall–Kier alpha value is -0.130. The first-order valence-electron chi connectivity index (χ1n) is 11.8. The van der Waals surface area contributed by atoms with E-state index in [1.54, 1.807) is 0 Å². The summed E-state index contributed by atoms with van der Waals surface area (Å²) < 4.78 is 26.9. The second-order valence-electron chi connectivity index (χ2n) is 9.27. The SMILES string of the molecule is CC(C)(C)CCCCCCCCCCCCCCCCCN.CCS(=O)(=O)O. The van der Waals surface area contributed by atoms with Crippen molar-refractivity contribution in [3.63, 3.8) is 0 Å². The van der Waals surface area contributed by atoms with Gasteiger partial charge in [0.2, 0.25) is 0 Å². The molecule has 0 aromatic heterocycles. The Balaban J connectivity index is 0. The van der Waals surface area contributed by atoms with Gasteiger partial charge < -0.3 is 5.73 Å². The molecule has 0 spiro atoms. The van der Waals surface area contributed by atoms with E-state index in [0.717, 1.165) is 6.54 Å². The third kappa shape index (κ3) is 33.5. The lowest BCUT2D eigenvalue weighted by molar-refractivity contribution is 0.356. The molecule has 0 atom stereocenters. The molecule has 0 aliphatic carbocycles. The van der Waals surface area contributed by atoms with E-state index in [-0.39, 0.29) is 5.75 Å². The van der Waals surface area contributed by atoms with Crippen molar-refractivity contribution in [3.8, 4) is 0 Å². The van der Waals surface area contributed by atoms with Crippen LogP contribution in [-0.2, 0) is 10.1 Å². The van der Waals surface area contributed by atoms with Gasteiger partial charge in [-0.05, 0) is 31.7 Å². The third-order valence-corrected chi connectivity index (χ3v) is 5.73. The van der Waals surface area contributed by atoms with Gasteiger partial charge in [-0.3, -0.25) is 4.55 Å². The number of nitrogens with two attached hydrogens (primary N) is 1. The molecule has 172 valence electrons. The summed E-state index contributed by atoms with van der Waals surface area (Å²) in [5.74, 6) is -0.201. The number of rotatable bonds is 17. The maximum absolute atomic E-state index is 9.56. The van der Waals surface area contributed by atoms with Gasteiger partial charge in [0.1, 0.15) is 0 Å². The molecule has 3 N–H and O–H groups in total.